The van der Waals surface area contributed by atoms with Gasteiger partial charge in [-0.3, -0.25) is 9.78 Å². The fourth-order valence-electron chi connectivity index (χ4n) is 2.61. The van der Waals surface area contributed by atoms with E-state index in [4.69, 9.17) is 4.74 Å². The van der Waals surface area contributed by atoms with E-state index in [2.05, 4.69) is 16.4 Å². The average Bonchev–Trinajstić information content (AvgIpc) is 2.66. The zero-order valence-electron chi connectivity index (χ0n) is 14.3. The summed E-state index contributed by atoms with van der Waals surface area (Å²) in [5.74, 6) is 0.660. The molecule has 2 aromatic carbocycles. The number of ether oxygens (including phenoxy) is 1. The predicted molar refractivity (Wildman–Crippen MR) is 98.6 cm³/mol. The Labute approximate surface area is 147 Å². The van der Waals surface area contributed by atoms with Crippen molar-refractivity contribution < 1.29 is 9.53 Å². The minimum Gasteiger partial charge on any atom is -0.497 e. The lowest BCUT2D eigenvalue weighted by Crippen LogP contribution is -2.23. The first-order valence-corrected chi connectivity index (χ1v) is 8.09. The fraction of sp³-hybridized carbons (Fsp3) is 0.143. The highest BCUT2D eigenvalue weighted by molar-refractivity contribution is 5.95. The molecule has 25 heavy (non-hydrogen) atoms. The van der Waals surface area contributed by atoms with Crippen molar-refractivity contribution in [2.75, 3.05) is 7.11 Å². The first kappa shape index (κ1) is 16.7. The largest absolute Gasteiger partial charge is 0.497 e. The van der Waals surface area contributed by atoms with Crippen molar-refractivity contribution >= 4 is 5.91 Å². The number of nitrogens with zero attached hydrogens (tertiary/aromatic N) is 1. The van der Waals surface area contributed by atoms with Crippen LogP contribution in [0.25, 0.3) is 11.1 Å². The molecule has 3 rings (SSSR count). The Morgan fingerprint density at radius 3 is 2.56 bits per heavy atom. The molecular weight excluding hydrogens is 312 g/mol. The van der Waals surface area contributed by atoms with Gasteiger partial charge in [0.2, 0.25) is 0 Å². The number of aryl methyl sites for hydroxylation is 1. The molecule has 1 N–H and O–H groups in total. The summed E-state index contributed by atoms with van der Waals surface area (Å²) in [4.78, 5) is 16.6. The van der Waals surface area contributed by atoms with Gasteiger partial charge in [-0.25, -0.2) is 0 Å². The molecule has 0 atom stereocenters. The van der Waals surface area contributed by atoms with Gasteiger partial charge < -0.3 is 10.1 Å². The van der Waals surface area contributed by atoms with Crippen molar-refractivity contribution in [3.05, 3.63) is 83.7 Å². The number of pyridine rings is 1. The molecule has 0 aliphatic carbocycles. The minimum atomic E-state index is -0.135. The van der Waals surface area contributed by atoms with Crippen molar-refractivity contribution in [3.63, 3.8) is 0 Å². The van der Waals surface area contributed by atoms with E-state index in [9.17, 15) is 4.79 Å². The van der Waals surface area contributed by atoms with Crippen LogP contribution in [-0.4, -0.2) is 18.0 Å². The normalized spacial score (nSPS) is 10.3. The van der Waals surface area contributed by atoms with Crippen LogP contribution < -0.4 is 10.1 Å². The smallest absolute Gasteiger partial charge is 0.253 e. The minimum absolute atomic E-state index is 0.135. The SMILES string of the molecule is COc1ccc(-c2cncc(C(=O)NCc3cccc(C)c3)c2)cc1. The summed E-state index contributed by atoms with van der Waals surface area (Å²) in [5.41, 5.74) is 4.68. The molecule has 0 radical (unpaired) electrons. The number of amides is 1. The Morgan fingerprint density at radius 2 is 1.84 bits per heavy atom. The lowest BCUT2D eigenvalue weighted by Gasteiger charge is -2.08. The highest BCUT2D eigenvalue weighted by atomic mass is 16.5. The van der Waals surface area contributed by atoms with Gasteiger partial charge in [0, 0.05) is 24.5 Å². The lowest BCUT2D eigenvalue weighted by atomic mass is 10.1. The van der Waals surface area contributed by atoms with Crippen LogP contribution in [0.4, 0.5) is 0 Å². The number of rotatable bonds is 5. The van der Waals surface area contributed by atoms with Crippen LogP contribution in [0.5, 0.6) is 5.75 Å². The van der Waals surface area contributed by atoms with Gasteiger partial charge in [0.15, 0.2) is 0 Å². The van der Waals surface area contributed by atoms with Crippen molar-refractivity contribution in [1.82, 2.24) is 10.3 Å². The maximum atomic E-state index is 12.4. The molecule has 0 unspecified atom stereocenters. The molecule has 0 aliphatic rings. The summed E-state index contributed by atoms with van der Waals surface area (Å²) in [6.45, 7) is 2.53. The standard InChI is InChI=1S/C21H20N2O2/c1-15-4-3-5-16(10-15)12-23-21(24)19-11-18(13-22-14-19)17-6-8-20(25-2)9-7-17/h3-11,13-14H,12H2,1-2H3,(H,23,24). The van der Waals surface area contributed by atoms with Crippen LogP contribution in [0.2, 0.25) is 0 Å². The number of carbonyl (C=O) groups excluding carboxylic acids is 1. The van der Waals surface area contributed by atoms with Crippen LogP contribution in [0.15, 0.2) is 67.0 Å². The third kappa shape index (κ3) is 4.23. The second-order valence-corrected chi connectivity index (χ2v) is 5.86. The number of hydrogen-bond donors (Lipinski definition) is 1. The number of aromatic nitrogens is 1. The summed E-state index contributed by atoms with van der Waals surface area (Å²) < 4.78 is 5.17. The number of carbonyl (C=O) groups is 1. The number of methoxy groups -OCH3 is 1. The first-order valence-electron chi connectivity index (χ1n) is 8.09. The van der Waals surface area contributed by atoms with Crippen molar-refractivity contribution in [2.45, 2.75) is 13.5 Å². The molecule has 0 aliphatic heterocycles. The molecular formula is C21H20N2O2. The maximum absolute atomic E-state index is 12.4. The zero-order valence-corrected chi connectivity index (χ0v) is 14.3. The van der Waals surface area contributed by atoms with E-state index < -0.39 is 0 Å². The van der Waals surface area contributed by atoms with Gasteiger partial charge >= 0.3 is 0 Å². The second-order valence-electron chi connectivity index (χ2n) is 5.86. The molecule has 126 valence electrons. The Morgan fingerprint density at radius 1 is 1.04 bits per heavy atom. The molecule has 0 saturated heterocycles. The predicted octanol–water partition coefficient (Wildman–Crippen LogP) is 4.00. The Bertz CT molecular complexity index is 873. The summed E-state index contributed by atoms with van der Waals surface area (Å²) in [6, 6.07) is 17.6. The van der Waals surface area contributed by atoms with Crippen LogP contribution in [0, 0.1) is 6.92 Å². The molecule has 1 heterocycles. The molecule has 0 bridgehead atoms. The third-order valence-corrected chi connectivity index (χ3v) is 3.96. The van der Waals surface area contributed by atoms with E-state index in [1.54, 1.807) is 19.5 Å². The maximum Gasteiger partial charge on any atom is 0.253 e. The van der Waals surface area contributed by atoms with Crippen molar-refractivity contribution in [1.29, 1.82) is 0 Å². The van der Waals surface area contributed by atoms with E-state index in [1.165, 1.54) is 5.56 Å². The third-order valence-electron chi connectivity index (χ3n) is 3.96. The molecule has 4 heteroatoms. The lowest BCUT2D eigenvalue weighted by molar-refractivity contribution is 0.0950. The number of hydrogen-bond acceptors (Lipinski definition) is 3. The van der Waals surface area contributed by atoms with Gasteiger partial charge in [0.25, 0.3) is 5.91 Å². The van der Waals surface area contributed by atoms with Gasteiger partial charge in [-0.2, -0.15) is 0 Å². The van der Waals surface area contributed by atoms with Crippen LogP contribution in [0.1, 0.15) is 21.5 Å². The quantitative estimate of drug-likeness (QED) is 0.768. The van der Waals surface area contributed by atoms with Gasteiger partial charge in [-0.1, -0.05) is 42.0 Å². The summed E-state index contributed by atoms with van der Waals surface area (Å²) in [6.07, 6.45) is 3.33. The van der Waals surface area contributed by atoms with E-state index in [1.807, 2.05) is 55.5 Å². The summed E-state index contributed by atoms with van der Waals surface area (Å²) in [7, 11) is 1.63. The molecule has 1 amide bonds. The van der Waals surface area contributed by atoms with E-state index >= 15 is 0 Å². The van der Waals surface area contributed by atoms with Crippen molar-refractivity contribution in [2.24, 2.45) is 0 Å². The average molecular weight is 332 g/mol. The second kappa shape index (κ2) is 7.62. The highest BCUT2D eigenvalue weighted by Crippen LogP contribution is 2.22. The van der Waals surface area contributed by atoms with Gasteiger partial charge in [-0.05, 0) is 36.2 Å². The van der Waals surface area contributed by atoms with Crippen molar-refractivity contribution in [3.8, 4) is 16.9 Å². The molecule has 0 spiro atoms. The summed E-state index contributed by atoms with van der Waals surface area (Å²) in [5, 5.41) is 2.94. The molecule has 0 saturated carbocycles. The number of nitrogens with one attached hydrogen (secondary N) is 1. The Hall–Kier alpha value is -3.14. The Balaban J connectivity index is 1.72. The van der Waals surface area contributed by atoms with Gasteiger partial charge in [0.1, 0.15) is 5.75 Å². The topological polar surface area (TPSA) is 51.2 Å². The fourth-order valence-corrected chi connectivity index (χ4v) is 2.61. The monoisotopic (exact) mass is 332 g/mol. The van der Waals surface area contributed by atoms with Crippen LogP contribution in [0.3, 0.4) is 0 Å². The highest BCUT2D eigenvalue weighted by Gasteiger charge is 2.08. The summed E-state index contributed by atoms with van der Waals surface area (Å²) >= 11 is 0. The number of benzene rings is 2. The Kier molecular flexibility index (Phi) is 5.09. The van der Waals surface area contributed by atoms with E-state index in [0.717, 1.165) is 22.4 Å². The molecule has 4 nitrogen and oxygen atoms in total. The zero-order chi connectivity index (χ0) is 17.6. The first-order chi connectivity index (χ1) is 12.2. The molecule has 1 aromatic heterocycles. The van der Waals surface area contributed by atoms with Gasteiger partial charge in [-0.15, -0.1) is 0 Å². The van der Waals surface area contributed by atoms with Gasteiger partial charge in [0.05, 0.1) is 12.7 Å². The van der Waals surface area contributed by atoms with E-state index in [0.29, 0.717) is 12.1 Å². The van der Waals surface area contributed by atoms with Crippen LogP contribution in [-0.2, 0) is 6.54 Å². The molecule has 3 aromatic rings. The van der Waals surface area contributed by atoms with Crippen LogP contribution >= 0.6 is 0 Å². The molecule has 0 fully saturated rings. The van der Waals surface area contributed by atoms with E-state index in [-0.39, 0.29) is 5.91 Å².